The van der Waals surface area contributed by atoms with Crippen molar-refractivity contribution in [1.82, 2.24) is 0 Å². The summed E-state index contributed by atoms with van der Waals surface area (Å²) in [6.07, 6.45) is 62.5. The highest BCUT2D eigenvalue weighted by atomic mass is 31.2. The first kappa shape index (κ1) is 96.1. The molecule has 0 aromatic heterocycles. The van der Waals surface area contributed by atoms with Crippen LogP contribution in [0.15, 0.2) is 0 Å². The average Bonchev–Trinajstić information content (AvgIpc) is 1.02. The maximum absolute atomic E-state index is 13.1. The minimum absolute atomic E-state index is 0.108. The zero-order valence-electron chi connectivity index (χ0n) is 63.9. The third-order valence-corrected chi connectivity index (χ3v) is 20.4. The highest BCUT2D eigenvalue weighted by Crippen LogP contribution is 2.45. The predicted octanol–water partition coefficient (Wildman–Crippen LogP) is 23.6. The average molecular weight is 1440 g/mol. The molecule has 0 amide bonds. The van der Waals surface area contributed by atoms with Crippen molar-refractivity contribution in [3.05, 3.63) is 0 Å². The fourth-order valence-electron chi connectivity index (χ4n) is 12.2. The van der Waals surface area contributed by atoms with E-state index in [9.17, 15) is 43.2 Å². The lowest BCUT2D eigenvalue weighted by Crippen LogP contribution is -2.30. The smallest absolute Gasteiger partial charge is 0.462 e. The van der Waals surface area contributed by atoms with E-state index in [-0.39, 0.29) is 25.7 Å². The molecule has 2 unspecified atom stereocenters. The van der Waals surface area contributed by atoms with E-state index in [2.05, 4.69) is 34.6 Å². The van der Waals surface area contributed by atoms with E-state index in [0.29, 0.717) is 25.7 Å². The molecule has 5 atom stereocenters. The summed E-state index contributed by atoms with van der Waals surface area (Å²) in [5.41, 5.74) is 0. The zero-order chi connectivity index (χ0) is 71.9. The van der Waals surface area contributed by atoms with Crippen LogP contribution in [0, 0.1) is 5.92 Å². The summed E-state index contributed by atoms with van der Waals surface area (Å²) in [4.78, 5) is 72.9. The molecule has 0 saturated carbocycles. The van der Waals surface area contributed by atoms with Gasteiger partial charge in [0.25, 0.3) is 0 Å². The molecule has 0 fully saturated rings. The van der Waals surface area contributed by atoms with Crippen LogP contribution in [0.4, 0.5) is 0 Å². The Morgan fingerprint density at radius 1 is 0.276 bits per heavy atom. The number of hydrogen-bond donors (Lipinski definition) is 3. The third kappa shape index (κ3) is 72.4. The Morgan fingerprint density at radius 3 is 0.694 bits per heavy atom. The molecule has 0 aromatic carbocycles. The van der Waals surface area contributed by atoms with E-state index in [1.54, 1.807) is 0 Å². The molecule has 0 heterocycles. The van der Waals surface area contributed by atoms with Crippen molar-refractivity contribution in [2.24, 2.45) is 5.92 Å². The van der Waals surface area contributed by atoms with Crippen LogP contribution >= 0.6 is 15.6 Å². The van der Waals surface area contributed by atoms with E-state index < -0.39 is 97.5 Å². The summed E-state index contributed by atoms with van der Waals surface area (Å²) in [5.74, 6) is -1.34. The molecule has 0 aliphatic carbocycles. The van der Waals surface area contributed by atoms with Gasteiger partial charge in [-0.05, 0) is 31.6 Å². The lowest BCUT2D eigenvalue weighted by molar-refractivity contribution is -0.161. The van der Waals surface area contributed by atoms with Crippen LogP contribution in [0.25, 0.3) is 0 Å². The number of phosphoric acid groups is 2. The van der Waals surface area contributed by atoms with Gasteiger partial charge in [-0.2, -0.15) is 0 Å². The molecule has 0 rings (SSSR count). The van der Waals surface area contributed by atoms with Crippen LogP contribution in [0.5, 0.6) is 0 Å². The molecule has 0 aromatic rings. The van der Waals surface area contributed by atoms with Gasteiger partial charge in [0.15, 0.2) is 12.2 Å². The minimum Gasteiger partial charge on any atom is -0.462 e. The summed E-state index contributed by atoms with van der Waals surface area (Å²) in [5, 5.41) is 10.6. The van der Waals surface area contributed by atoms with Crippen molar-refractivity contribution in [3.63, 3.8) is 0 Å². The highest BCUT2D eigenvalue weighted by Gasteiger charge is 2.30. The molecule has 17 nitrogen and oxygen atoms in total. The van der Waals surface area contributed by atoms with Gasteiger partial charge in [-0.15, -0.1) is 0 Å². The van der Waals surface area contributed by atoms with Crippen molar-refractivity contribution in [3.8, 4) is 0 Å². The number of carbonyl (C=O) groups is 4. The van der Waals surface area contributed by atoms with Crippen molar-refractivity contribution in [2.45, 2.75) is 438 Å². The number of phosphoric ester groups is 2. The Balaban J connectivity index is 5.19. The number of aliphatic hydroxyl groups is 1. The summed E-state index contributed by atoms with van der Waals surface area (Å²) in [6.45, 7) is 7.31. The molecule has 582 valence electrons. The van der Waals surface area contributed by atoms with Crippen molar-refractivity contribution >= 4 is 39.5 Å². The second-order valence-corrected chi connectivity index (χ2v) is 31.8. The fourth-order valence-corrected chi connectivity index (χ4v) is 13.8. The second kappa shape index (κ2) is 72.0. The van der Waals surface area contributed by atoms with Crippen LogP contribution in [0.3, 0.4) is 0 Å². The largest absolute Gasteiger partial charge is 0.472 e. The van der Waals surface area contributed by atoms with Gasteiger partial charge in [0.2, 0.25) is 0 Å². The van der Waals surface area contributed by atoms with E-state index in [1.807, 2.05) is 0 Å². The molecule has 0 saturated heterocycles. The van der Waals surface area contributed by atoms with Crippen molar-refractivity contribution in [1.29, 1.82) is 0 Å². The van der Waals surface area contributed by atoms with Crippen molar-refractivity contribution in [2.75, 3.05) is 39.6 Å². The van der Waals surface area contributed by atoms with Gasteiger partial charge in [0.05, 0.1) is 26.4 Å². The summed E-state index contributed by atoms with van der Waals surface area (Å²) in [7, 11) is -9.91. The summed E-state index contributed by atoms with van der Waals surface area (Å²) >= 11 is 0. The minimum atomic E-state index is -4.96. The van der Waals surface area contributed by atoms with Crippen LogP contribution in [0.2, 0.25) is 0 Å². The van der Waals surface area contributed by atoms with E-state index >= 15 is 0 Å². The fraction of sp³-hybridized carbons (Fsp3) is 0.949. The molecule has 19 heteroatoms. The van der Waals surface area contributed by atoms with Gasteiger partial charge in [0.1, 0.15) is 19.3 Å². The molecule has 0 spiro atoms. The summed E-state index contributed by atoms with van der Waals surface area (Å²) in [6, 6.07) is 0. The molecule has 0 bridgehead atoms. The topological polar surface area (TPSA) is 237 Å². The lowest BCUT2D eigenvalue weighted by Gasteiger charge is -2.21. The molecular weight excluding hydrogens is 1280 g/mol. The SMILES string of the molecule is CCCCCCCCCCCCCCCCCCCCCCCCC(=O)O[C@H](COC(=O)CCCCCCCCCCCCCC(C)C)COP(=O)(O)OC[C@@H](O)COP(=O)(O)OC[C@@H](COC(=O)CCCCCCCCCCCCC)OC(=O)CCCCCCCCCCCCC. The lowest BCUT2D eigenvalue weighted by atomic mass is 10.0. The van der Waals surface area contributed by atoms with E-state index in [1.165, 1.54) is 244 Å². The molecule has 0 radical (unpaired) electrons. The number of hydrogen-bond acceptors (Lipinski definition) is 15. The van der Waals surface area contributed by atoms with Crippen LogP contribution in [0.1, 0.15) is 420 Å². The molecular formula is C79H154O17P2. The number of esters is 4. The van der Waals surface area contributed by atoms with Gasteiger partial charge in [-0.1, -0.05) is 369 Å². The maximum Gasteiger partial charge on any atom is 0.472 e. The van der Waals surface area contributed by atoms with E-state index in [0.717, 1.165) is 95.8 Å². The highest BCUT2D eigenvalue weighted by molar-refractivity contribution is 7.47. The Morgan fingerprint density at radius 2 is 0.469 bits per heavy atom. The first-order valence-electron chi connectivity index (χ1n) is 41.1. The van der Waals surface area contributed by atoms with Gasteiger partial charge < -0.3 is 33.8 Å². The Labute approximate surface area is 600 Å². The van der Waals surface area contributed by atoms with Crippen molar-refractivity contribution < 1.29 is 80.2 Å². The number of aliphatic hydroxyl groups excluding tert-OH is 1. The number of ether oxygens (including phenoxy) is 4. The van der Waals surface area contributed by atoms with E-state index in [4.69, 9.17) is 37.0 Å². The summed E-state index contributed by atoms with van der Waals surface area (Å²) < 4.78 is 68.6. The molecule has 3 N–H and O–H groups in total. The number of unbranched alkanes of at least 4 members (excludes halogenated alkanes) is 51. The van der Waals surface area contributed by atoms with Crippen LogP contribution < -0.4 is 0 Å². The monoisotopic (exact) mass is 1440 g/mol. The van der Waals surface area contributed by atoms with Gasteiger partial charge in [-0.25, -0.2) is 9.13 Å². The molecule has 0 aliphatic rings. The number of carbonyl (C=O) groups excluding carboxylic acids is 4. The Kier molecular flexibility index (Phi) is 70.6. The van der Waals surface area contributed by atoms with Crippen LogP contribution in [-0.2, 0) is 65.4 Å². The quantitative estimate of drug-likeness (QED) is 0.0222. The second-order valence-electron chi connectivity index (χ2n) is 28.9. The first-order chi connectivity index (χ1) is 47.5. The van der Waals surface area contributed by atoms with Gasteiger partial charge in [-0.3, -0.25) is 37.3 Å². The van der Waals surface area contributed by atoms with Crippen LogP contribution in [-0.4, -0.2) is 96.7 Å². The predicted molar refractivity (Wildman–Crippen MR) is 400 cm³/mol. The zero-order valence-corrected chi connectivity index (χ0v) is 65.7. The third-order valence-electron chi connectivity index (χ3n) is 18.5. The normalized spacial score (nSPS) is 13.9. The standard InChI is InChI=1S/C79H154O17P2/c1-6-9-12-15-18-21-24-25-26-27-28-29-30-31-32-33-34-39-45-50-55-60-65-79(84)96-75(69-90-77(82)63-58-53-48-43-40-35-38-41-46-51-56-61-72(4)5)71-94-98(87,88)92-67-73(80)66-91-97(85,86)93-70-74(95-78(83)64-59-54-49-44-37-23-20-17-14-11-8-3)68-89-76(81)62-57-52-47-42-36-22-19-16-13-10-7-2/h72-75,80H,6-71H2,1-5H3,(H,85,86)(H,87,88)/t73-,74+,75+/m0/s1. The molecule has 0 aliphatic heterocycles. The Hall–Kier alpha value is -1.94. The first-order valence-corrected chi connectivity index (χ1v) is 44.1. The van der Waals surface area contributed by atoms with Gasteiger partial charge >= 0.3 is 39.5 Å². The maximum atomic E-state index is 13.1. The van der Waals surface area contributed by atoms with Gasteiger partial charge in [0, 0.05) is 25.7 Å². The Bertz CT molecular complexity index is 1870. The molecule has 98 heavy (non-hydrogen) atoms. The number of rotatable bonds is 79.